The average Bonchev–Trinajstić information content (AvgIpc) is 3.03. The number of hydrogen-bond acceptors (Lipinski definition) is 5. The molecule has 0 bridgehead atoms. The Morgan fingerprint density at radius 1 is 1.32 bits per heavy atom. The first-order valence-corrected chi connectivity index (χ1v) is 9.30. The number of ether oxygens (including phenoxy) is 1. The minimum Gasteiger partial charge on any atom is -0.370 e. The van der Waals surface area contributed by atoms with Gasteiger partial charge in [0.15, 0.2) is 5.82 Å². The molecular formula is C19H26ClN3O2. The molecule has 5 nitrogen and oxygen atoms in total. The molecule has 1 atom stereocenters. The van der Waals surface area contributed by atoms with Crippen molar-refractivity contribution in [2.45, 2.75) is 58.2 Å². The molecule has 0 N–H and O–H groups in total. The second-order valence-electron chi connectivity index (χ2n) is 7.22. The van der Waals surface area contributed by atoms with Gasteiger partial charge in [0.05, 0.1) is 19.3 Å². The van der Waals surface area contributed by atoms with Crippen LogP contribution in [0.25, 0.3) is 0 Å². The molecule has 0 amide bonds. The Kier molecular flexibility index (Phi) is 5.77. The minimum atomic E-state index is -0.0953. The van der Waals surface area contributed by atoms with Crippen molar-refractivity contribution in [3.63, 3.8) is 0 Å². The highest BCUT2D eigenvalue weighted by Crippen LogP contribution is 2.34. The molecule has 1 aliphatic rings. The number of benzene rings is 1. The molecule has 1 aliphatic heterocycles. The predicted octanol–water partition coefficient (Wildman–Crippen LogP) is 4.42. The van der Waals surface area contributed by atoms with Crippen LogP contribution >= 0.6 is 11.6 Å². The van der Waals surface area contributed by atoms with Crippen LogP contribution in [0.2, 0.25) is 5.02 Å². The Morgan fingerprint density at radius 2 is 2.12 bits per heavy atom. The molecule has 2 aromatic rings. The highest BCUT2D eigenvalue weighted by molar-refractivity contribution is 6.31. The van der Waals surface area contributed by atoms with Crippen molar-refractivity contribution < 1.29 is 9.26 Å². The molecule has 0 aliphatic carbocycles. The van der Waals surface area contributed by atoms with Gasteiger partial charge < -0.3 is 9.26 Å². The van der Waals surface area contributed by atoms with Gasteiger partial charge in [0, 0.05) is 29.1 Å². The second kappa shape index (κ2) is 7.85. The van der Waals surface area contributed by atoms with E-state index in [0.29, 0.717) is 13.2 Å². The van der Waals surface area contributed by atoms with Crippen LogP contribution in [-0.2, 0) is 17.7 Å². The summed E-state index contributed by atoms with van der Waals surface area (Å²) in [7, 11) is 0. The normalized spacial score (nSPS) is 20.7. The summed E-state index contributed by atoms with van der Waals surface area (Å²) < 4.78 is 11.5. The van der Waals surface area contributed by atoms with E-state index >= 15 is 0 Å². The summed E-state index contributed by atoms with van der Waals surface area (Å²) in [5, 5.41) is 4.89. The molecule has 3 rings (SSSR count). The Morgan fingerprint density at radius 3 is 2.88 bits per heavy atom. The molecule has 1 saturated heterocycles. The van der Waals surface area contributed by atoms with Crippen LogP contribution in [0.3, 0.4) is 0 Å². The molecule has 1 fully saturated rings. The second-order valence-corrected chi connectivity index (χ2v) is 7.63. The minimum absolute atomic E-state index is 0.0480. The molecule has 6 heteroatoms. The van der Waals surface area contributed by atoms with Gasteiger partial charge in [0.25, 0.3) is 0 Å². The largest absolute Gasteiger partial charge is 0.370 e. The fourth-order valence-corrected chi connectivity index (χ4v) is 3.31. The van der Waals surface area contributed by atoms with E-state index in [1.807, 2.05) is 24.3 Å². The van der Waals surface area contributed by atoms with Gasteiger partial charge in [-0.3, -0.25) is 4.90 Å². The highest BCUT2D eigenvalue weighted by Gasteiger charge is 2.36. The maximum Gasteiger partial charge on any atom is 0.226 e. The predicted molar refractivity (Wildman–Crippen MR) is 97.5 cm³/mol. The average molecular weight is 364 g/mol. The molecule has 0 radical (unpaired) electrons. The van der Waals surface area contributed by atoms with Crippen molar-refractivity contribution in [1.29, 1.82) is 0 Å². The van der Waals surface area contributed by atoms with Gasteiger partial charge in [-0.1, -0.05) is 48.3 Å². The van der Waals surface area contributed by atoms with Gasteiger partial charge in [-0.05, 0) is 26.3 Å². The van der Waals surface area contributed by atoms with Crippen molar-refractivity contribution in [3.05, 3.63) is 46.6 Å². The van der Waals surface area contributed by atoms with E-state index < -0.39 is 0 Å². The van der Waals surface area contributed by atoms with Gasteiger partial charge in [0.1, 0.15) is 0 Å². The van der Waals surface area contributed by atoms with Gasteiger partial charge in [0.2, 0.25) is 5.89 Å². The third-order valence-electron chi connectivity index (χ3n) is 4.72. The molecule has 2 heterocycles. The SMILES string of the molecule is CCCCc1nc(CN2CC(c3ccccc3Cl)OCC2(C)C)no1. The lowest BCUT2D eigenvalue weighted by atomic mass is 9.98. The monoisotopic (exact) mass is 363 g/mol. The molecular weight excluding hydrogens is 338 g/mol. The lowest BCUT2D eigenvalue weighted by Gasteiger charge is -2.45. The third kappa shape index (κ3) is 4.40. The van der Waals surface area contributed by atoms with Gasteiger partial charge >= 0.3 is 0 Å². The van der Waals surface area contributed by atoms with E-state index in [0.717, 1.165) is 48.1 Å². The summed E-state index contributed by atoms with van der Waals surface area (Å²) in [4.78, 5) is 6.88. The van der Waals surface area contributed by atoms with Crippen molar-refractivity contribution in [2.24, 2.45) is 0 Å². The summed E-state index contributed by atoms with van der Waals surface area (Å²) in [6.07, 6.45) is 2.98. The fourth-order valence-electron chi connectivity index (χ4n) is 3.05. The molecule has 1 unspecified atom stereocenters. The van der Waals surface area contributed by atoms with Crippen molar-refractivity contribution >= 4 is 11.6 Å². The molecule has 1 aromatic heterocycles. The number of unbranched alkanes of at least 4 members (excludes halogenated alkanes) is 1. The summed E-state index contributed by atoms with van der Waals surface area (Å²) in [5.41, 5.74) is 0.934. The van der Waals surface area contributed by atoms with E-state index in [2.05, 4.69) is 35.8 Å². The van der Waals surface area contributed by atoms with E-state index in [4.69, 9.17) is 20.9 Å². The lowest BCUT2D eigenvalue weighted by Crippen LogP contribution is -2.53. The van der Waals surface area contributed by atoms with Crippen LogP contribution in [0.15, 0.2) is 28.8 Å². The summed E-state index contributed by atoms with van der Waals surface area (Å²) in [6, 6.07) is 7.87. The maximum absolute atomic E-state index is 6.35. The molecule has 0 spiro atoms. The van der Waals surface area contributed by atoms with Gasteiger partial charge in [-0.25, -0.2) is 0 Å². The number of hydrogen-bond donors (Lipinski definition) is 0. The molecule has 1 aromatic carbocycles. The number of halogens is 1. The lowest BCUT2D eigenvalue weighted by molar-refractivity contribution is -0.105. The number of aryl methyl sites for hydroxylation is 1. The van der Waals surface area contributed by atoms with Crippen LogP contribution in [0.5, 0.6) is 0 Å². The van der Waals surface area contributed by atoms with Crippen molar-refractivity contribution in [1.82, 2.24) is 15.0 Å². The summed E-state index contributed by atoms with van der Waals surface area (Å²) >= 11 is 6.35. The van der Waals surface area contributed by atoms with Gasteiger partial charge in [-0.15, -0.1) is 0 Å². The fraction of sp³-hybridized carbons (Fsp3) is 0.579. The van der Waals surface area contributed by atoms with Crippen LogP contribution < -0.4 is 0 Å². The van der Waals surface area contributed by atoms with Crippen LogP contribution in [0.1, 0.15) is 57.0 Å². The Labute approximate surface area is 154 Å². The van der Waals surface area contributed by atoms with Crippen molar-refractivity contribution in [3.8, 4) is 0 Å². The van der Waals surface area contributed by atoms with Crippen molar-refractivity contribution in [2.75, 3.05) is 13.2 Å². The van der Waals surface area contributed by atoms with E-state index in [-0.39, 0.29) is 11.6 Å². The zero-order valence-corrected chi connectivity index (χ0v) is 15.9. The van der Waals surface area contributed by atoms with E-state index in [1.54, 1.807) is 0 Å². The first kappa shape index (κ1) is 18.4. The van der Waals surface area contributed by atoms with Crippen LogP contribution in [0, 0.1) is 0 Å². The molecule has 136 valence electrons. The first-order valence-electron chi connectivity index (χ1n) is 8.92. The van der Waals surface area contributed by atoms with E-state index in [1.165, 1.54) is 0 Å². The number of aromatic nitrogens is 2. The van der Waals surface area contributed by atoms with Crippen LogP contribution in [0.4, 0.5) is 0 Å². The smallest absolute Gasteiger partial charge is 0.226 e. The zero-order chi connectivity index (χ0) is 17.9. The number of rotatable bonds is 6. The van der Waals surface area contributed by atoms with Crippen LogP contribution in [-0.4, -0.2) is 33.7 Å². The standard InChI is InChI=1S/C19H26ClN3O2/c1-4-5-10-18-21-17(22-25-18)12-23-11-16(24-13-19(23,2)3)14-8-6-7-9-15(14)20/h6-9,16H,4-5,10-13H2,1-3H3. The Bertz CT molecular complexity index is 701. The van der Waals surface area contributed by atoms with Gasteiger partial charge in [-0.2, -0.15) is 4.98 Å². The Hall–Kier alpha value is -1.43. The quantitative estimate of drug-likeness (QED) is 0.760. The topological polar surface area (TPSA) is 51.4 Å². The Balaban J connectivity index is 1.71. The summed E-state index contributed by atoms with van der Waals surface area (Å²) in [5.74, 6) is 1.46. The zero-order valence-electron chi connectivity index (χ0n) is 15.2. The maximum atomic E-state index is 6.35. The highest BCUT2D eigenvalue weighted by atomic mass is 35.5. The van der Waals surface area contributed by atoms with E-state index in [9.17, 15) is 0 Å². The molecule has 0 saturated carbocycles. The first-order chi connectivity index (χ1) is 12.0. The number of morpholine rings is 1. The number of nitrogens with zero attached hydrogens (tertiary/aromatic N) is 3. The summed E-state index contributed by atoms with van der Waals surface area (Å²) in [6.45, 7) is 8.52. The molecule has 25 heavy (non-hydrogen) atoms. The third-order valence-corrected chi connectivity index (χ3v) is 5.06.